The molecule has 0 atom stereocenters. The Morgan fingerprint density at radius 2 is 0.965 bits per heavy atom. The van der Waals surface area contributed by atoms with Gasteiger partial charge in [0, 0.05) is 54.0 Å². The number of para-hydroxylation sites is 2. The Morgan fingerprint density at radius 3 is 1.70 bits per heavy atom. The predicted octanol–water partition coefficient (Wildman–Crippen LogP) is 13.1. The molecule has 0 unspecified atom stereocenters. The second-order valence-electron chi connectivity index (χ2n) is 14.6. The summed E-state index contributed by atoms with van der Waals surface area (Å²) < 4.78 is 21.7. The molecule has 0 bridgehead atoms. The Hall–Kier alpha value is -7.06. The predicted molar refractivity (Wildman–Crippen MR) is 240 cm³/mol. The van der Waals surface area contributed by atoms with E-state index in [-0.39, 0.29) is 0 Å². The molecule has 2 heterocycles. The fraction of sp³-hybridized carbons (Fsp3) is 0. The number of furan rings is 1. The van der Waals surface area contributed by atoms with Crippen LogP contribution in [0.15, 0.2) is 211 Å². The molecule has 268 valence electrons. The van der Waals surface area contributed by atoms with Crippen LogP contribution in [-0.2, 0) is 4.57 Å². The number of aromatic nitrogens is 1. The zero-order chi connectivity index (χ0) is 37.9. The van der Waals surface area contributed by atoms with E-state index >= 15 is 4.57 Å². The standard InChI is InChI=1S/C53H34NO2P/c55-57(41-16-6-2-7-17-41,42-18-8-3-9-19-42)43-31-30-39-32-38(28-29-40(39)33-43)35-24-26-36(27-25-35)50-51-44-20-10-12-22-47(44)54-53(37-14-4-1-5-15-37)46(51)34-49-52(50)45-21-11-13-23-48(45)56-49/h1-34H. The van der Waals surface area contributed by atoms with Crippen LogP contribution >= 0.6 is 7.14 Å². The summed E-state index contributed by atoms with van der Waals surface area (Å²) in [6.07, 6.45) is 0. The van der Waals surface area contributed by atoms with Crippen LogP contribution in [0.4, 0.5) is 0 Å². The van der Waals surface area contributed by atoms with E-state index in [0.717, 1.165) is 104 Å². The van der Waals surface area contributed by atoms with Gasteiger partial charge in [-0.3, -0.25) is 0 Å². The van der Waals surface area contributed by atoms with Crippen molar-refractivity contribution >= 4 is 77.4 Å². The fourth-order valence-corrected chi connectivity index (χ4v) is 11.3. The molecule has 0 amide bonds. The Balaban J connectivity index is 1.06. The fourth-order valence-electron chi connectivity index (χ4n) is 8.58. The van der Waals surface area contributed by atoms with Crippen LogP contribution in [0.25, 0.3) is 87.9 Å². The van der Waals surface area contributed by atoms with Crippen LogP contribution < -0.4 is 15.9 Å². The van der Waals surface area contributed by atoms with Crippen molar-refractivity contribution in [3.63, 3.8) is 0 Å². The van der Waals surface area contributed by atoms with Gasteiger partial charge in [-0.25, -0.2) is 4.98 Å². The van der Waals surface area contributed by atoms with E-state index in [0.29, 0.717) is 0 Å². The minimum atomic E-state index is -3.08. The monoisotopic (exact) mass is 747 g/mol. The van der Waals surface area contributed by atoms with Gasteiger partial charge in [-0.05, 0) is 57.8 Å². The summed E-state index contributed by atoms with van der Waals surface area (Å²) in [4.78, 5) is 5.24. The minimum Gasteiger partial charge on any atom is -0.456 e. The second kappa shape index (κ2) is 13.3. The maximum Gasteiger partial charge on any atom is 0.171 e. The van der Waals surface area contributed by atoms with Crippen molar-refractivity contribution in [3.8, 4) is 33.5 Å². The summed E-state index contributed by atoms with van der Waals surface area (Å²) in [5.41, 5.74) is 9.16. The van der Waals surface area contributed by atoms with Crippen LogP contribution in [0.3, 0.4) is 0 Å². The number of fused-ring (bicyclic) bond motifs is 7. The number of rotatable bonds is 6. The van der Waals surface area contributed by atoms with E-state index in [4.69, 9.17) is 9.40 Å². The number of pyridine rings is 1. The first kappa shape index (κ1) is 33.3. The molecule has 3 nitrogen and oxygen atoms in total. The summed E-state index contributed by atoms with van der Waals surface area (Å²) in [7, 11) is -3.08. The lowest BCUT2D eigenvalue weighted by molar-refractivity contribution is 0.592. The molecule has 11 rings (SSSR count). The van der Waals surface area contributed by atoms with Crippen molar-refractivity contribution in [1.29, 1.82) is 0 Å². The summed E-state index contributed by atoms with van der Waals surface area (Å²) in [5, 5.41) is 10.2. The Labute approximate surface area is 329 Å². The Bertz CT molecular complexity index is 3310. The van der Waals surface area contributed by atoms with Gasteiger partial charge in [-0.1, -0.05) is 176 Å². The van der Waals surface area contributed by atoms with Gasteiger partial charge in [-0.15, -0.1) is 0 Å². The first-order chi connectivity index (χ1) is 28.1. The molecule has 0 fully saturated rings. The van der Waals surface area contributed by atoms with Crippen molar-refractivity contribution in [2.75, 3.05) is 0 Å². The molecule has 11 aromatic rings. The zero-order valence-corrected chi connectivity index (χ0v) is 31.7. The Morgan fingerprint density at radius 1 is 0.386 bits per heavy atom. The molecule has 9 aromatic carbocycles. The minimum absolute atomic E-state index is 0.829. The van der Waals surface area contributed by atoms with Gasteiger partial charge in [0.15, 0.2) is 7.14 Å². The molecule has 0 aliphatic rings. The summed E-state index contributed by atoms with van der Waals surface area (Å²) in [6, 6.07) is 70.8. The average molecular weight is 748 g/mol. The van der Waals surface area contributed by atoms with Crippen LogP contribution in [-0.4, -0.2) is 4.98 Å². The largest absolute Gasteiger partial charge is 0.456 e. The SMILES string of the molecule is O=P(c1ccccc1)(c1ccccc1)c1ccc2cc(-c3ccc(-c4c5c(cc6c(-c7ccccc7)nc7ccccc7c46)oc4ccccc45)cc3)ccc2c1. The highest BCUT2D eigenvalue weighted by Crippen LogP contribution is 2.47. The molecule has 57 heavy (non-hydrogen) atoms. The van der Waals surface area contributed by atoms with Gasteiger partial charge in [0.1, 0.15) is 11.2 Å². The third-order valence-corrected chi connectivity index (χ3v) is 14.4. The quantitative estimate of drug-likeness (QED) is 0.126. The van der Waals surface area contributed by atoms with E-state index in [2.05, 4.69) is 121 Å². The van der Waals surface area contributed by atoms with E-state index in [1.807, 2.05) is 84.9 Å². The van der Waals surface area contributed by atoms with Crippen molar-refractivity contribution in [2.24, 2.45) is 0 Å². The van der Waals surface area contributed by atoms with Gasteiger partial charge >= 0.3 is 0 Å². The highest BCUT2D eigenvalue weighted by molar-refractivity contribution is 7.85. The van der Waals surface area contributed by atoms with Crippen LogP contribution in [0, 0.1) is 0 Å². The van der Waals surface area contributed by atoms with Gasteiger partial charge in [0.05, 0.1) is 11.2 Å². The third kappa shape index (κ3) is 5.43. The molecule has 0 N–H and O–H groups in total. The van der Waals surface area contributed by atoms with Crippen LogP contribution in [0.2, 0.25) is 0 Å². The van der Waals surface area contributed by atoms with E-state index in [1.54, 1.807) is 0 Å². The molecule has 0 saturated heterocycles. The lowest BCUT2D eigenvalue weighted by Gasteiger charge is -2.20. The molecular weight excluding hydrogens is 714 g/mol. The molecule has 0 saturated carbocycles. The topological polar surface area (TPSA) is 43.1 Å². The summed E-state index contributed by atoms with van der Waals surface area (Å²) in [5.74, 6) is 0. The van der Waals surface area contributed by atoms with E-state index in [9.17, 15) is 0 Å². The lowest BCUT2D eigenvalue weighted by Crippen LogP contribution is -2.24. The molecule has 0 aliphatic carbocycles. The molecule has 0 aliphatic heterocycles. The zero-order valence-electron chi connectivity index (χ0n) is 30.8. The normalized spacial score (nSPS) is 11.9. The maximum atomic E-state index is 15.1. The first-order valence-electron chi connectivity index (χ1n) is 19.2. The third-order valence-electron chi connectivity index (χ3n) is 11.3. The number of benzene rings is 9. The maximum absolute atomic E-state index is 15.1. The van der Waals surface area contributed by atoms with Crippen molar-refractivity contribution in [1.82, 2.24) is 4.98 Å². The number of hydrogen-bond donors (Lipinski definition) is 0. The van der Waals surface area contributed by atoms with Gasteiger partial charge in [-0.2, -0.15) is 0 Å². The van der Waals surface area contributed by atoms with Gasteiger partial charge in [0.25, 0.3) is 0 Å². The molecule has 4 heteroatoms. The van der Waals surface area contributed by atoms with Gasteiger partial charge < -0.3 is 8.98 Å². The number of nitrogens with zero attached hydrogens (tertiary/aromatic N) is 1. The number of hydrogen-bond acceptors (Lipinski definition) is 3. The Kier molecular flexibility index (Phi) is 7.77. The first-order valence-corrected chi connectivity index (χ1v) is 20.9. The van der Waals surface area contributed by atoms with Gasteiger partial charge in [0.2, 0.25) is 0 Å². The molecule has 0 spiro atoms. The molecule has 2 aromatic heterocycles. The van der Waals surface area contributed by atoms with E-state index < -0.39 is 7.14 Å². The van der Waals surface area contributed by atoms with Crippen molar-refractivity contribution in [2.45, 2.75) is 0 Å². The highest BCUT2D eigenvalue weighted by atomic mass is 31.2. The van der Waals surface area contributed by atoms with Crippen molar-refractivity contribution in [3.05, 3.63) is 206 Å². The average Bonchev–Trinajstić information content (AvgIpc) is 3.66. The molecule has 0 radical (unpaired) electrons. The molecular formula is C53H34NO2P. The van der Waals surface area contributed by atoms with Crippen LogP contribution in [0.5, 0.6) is 0 Å². The highest BCUT2D eigenvalue weighted by Gasteiger charge is 2.30. The summed E-state index contributed by atoms with van der Waals surface area (Å²) >= 11 is 0. The smallest absolute Gasteiger partial charge is 0.171 e. The lowest BCUT2D eigenvalue weighted by atomic mass is 9.89. The van der Waals surface area contributed by atoms with E-state index in [1.165, 1.54) is 0 Å². The van der Waals surface area contributed by atoms with Crippen LogP contribution in [0.1, 0.15) is 0 Å². The second-order valence-corrected chi connectivity index (χ2v) is 17.4. The van der Waals surface area contributed by atoms with Crippen molar-refractivity contribution < 1.29 is 8.98 Å². The summed E-state index contributed by atoms with van der Waals surface area (Å²) in [6.45, 7) is 0.